The van der Waals surface area contributed by atoms with Crippen LogP contribution in [0, 0.1) is 5.41 Å². The maximum Gasteiger partial charge on any atom is 0.416 e. The van der Waals surface area contributed by atoms with Crippen molar-refractivity contribution in [2.45, 2.75) is 69.0 Å². The fourth-order valence-corrected chi connectivity index (χ4v) is 6.79. The molecule has 3 heterocycles. The van der Waals surface area contributed by atoms with Gasteiger partial charge >= 0.3 is 6.18 Å². The molecule has 4 fully saturated rings. The Labute approximate surface area is 250 Å². The Morgan fingerprint density at radius 3 is 2.38 bits per heavy atom. The minimum absolute atomic E-state index is 0. The van der Waals surface area contributed by atoms with Crippen molar-refractivity contribution < 1.29 is 27.9 Å². The number of hydrogen-bond donors (Lipinski definition) is 2. The van der Waals surface area contributed by atoms with E-state index in [1.54, 1.807) is 17.2 Å². The number of aromatic nitrogens is 2. The first-order chi connectivity index (χ1) is 19.7. The molecule has 0 unspecified atom stereocenters. The van der Waals surface area contributed by atoms with Crippen molar-refractivity contribution in [3.63, 3.8) is 0 Å². The first-order valence-corrected chi connectivity index (χ1v) is 14.8. The zero-order valence-electron chi connectivity index (χ0n) is 23.6. The van der Waals surface area contributed by atoms with Gasteiger partial charge in [0.2, 0.25) is 5.91 Å². The van der Waals surface area contributed by atoms with E-state index in [2.05, 4.69) is 14.9 Å². The van der Waals surface area contributed by atoms with Crippen molar-refractivity contribution in [1.29, 1.82) is 0 Å². The molecule has 2 aliphatic heterocycles. The molecule has 1 atom stereocenters. The van der Waals surface area contributed by atoms with Gasteiger partial charge in [-0.3, -0.25) is 14.3 Å². The normalized spacial score (nSPS) is 22.6. The first kappa shape index (κ1) is 30.8. The summed E-state index contributed by atoms with van der Waals surface area (Å²) >= 11 is 0. The van der Waals surface area contributed by atoms with Crippen molar-refractivity contribution in [3.05, 3.63) is 52.8 Å². The van der Waals surface area contributed by atoms with Gasteiger partial charge in [0, 0.05) is 51.1 Å². The summed E-state index contributed by atoms with van der Waals surface area (Å²) in [5.41, 5.74) is 0.891. The second-order valence-corrected chi connectivity index (χ2v) is 12.3. The van der Waals surface area contributed by atoms with Crippen molar-refractivity contribution in [3.8, 4) is 0 Å². The van der Waals surface area contributed by atoms with Crippen molar-refractivity contribution in [1.82, 2.24) is 24.9 Å². The van der Waals surface area contributed by atoms with E-state index < -0.39 is 11.7 Å². The number of nitrogens with zero attached hydrogens (tertiary/aromatic N) is 4. The van der Waals surface area contributed by atoms with Gasteiger partial charge in [-0.1, -0.05) is 18.2 Å². The number of carbonyl (C=O) groups is 2. The summed E-state index contributed by atoms with van der Waals surface area (Å²) < 4.78 is 42.9. The second-order valence-electron chi connectivity index (χ2n) is 12.3. The Bertz CT molecular complexity index is 1290. The van der Waals surface area contributed by atoms with E-state index >= 15 is 0 Å². The van der Waals surface area contributed by atoms with Gasteiger partial charge in [-0.2, -0.15) is 18.3 Å². The Kier molecular flexibility index (Phi) is 8.93. The van der Waals surface area contributed by atoms with E-state index in [0.717, 1.165) is 69.9 Å². The minimum Gasteiger partial charge on any atom is -0.395 e. The van der Waals surface area contributed by atoms with Crippen LogP contribution in [0.2, 0.25) is 0 Å². The summed E-state index contributed by atoms with van der Waals surface area (Å²) in [6, 6.07) is 5.87. The maximum atomic E-state index is 13.7. The number of piperidine rings is 1. The lowest BCUT2D eigenvalue weighted by Crippen LogP contribution is -2.44. The van der Waals surface area contributed by atoms with E-state index in [1.807, 2.05) is 0 Å². The molecular weight excluding hydrogens is 571 g/mol. The monoisotopic (exact) mass is 609 g/mol. The number of amides is 2. The SMILES string of the molecule is Cl.O=C(c1cnn(C2CCN(CC3(C(=O)NCCO)CC3)CC2)c1C1CC1)N1CC[C@@H](c2ccccc2C(F)(F)F)C1. The molecular formula is C30H39ClF3N5O3. The lowest BCUT2D eigenvalue weighted by molar-refractivity contribution is -0.138. The highest BCUT2D eigenvalue weighted by Crippen LogP contribution is 2.48. The molecule has 2 saturated carbocycles. The zero-order valence-corrected chi connectivity index (χ0v) is 24.4. The lowest BCUT2D eigenvalue weighted by Gasteiger charge is -2.34. The van der Waals surface area contributed by atoms with Gasteiger partial charge in [-0.25, -0.2) is 0 Å². The quantitative estimate of drug-likeness (QED) is 0.441. The van der Waals surface area contributed by atoms with Gasteiger partial charge < -0.3 is 20.2 Å². The summed E-state index contributed by atoms with van der Waals surface area (Å²) in [5, 5.41) is 16.6. The average Bonchev–Trinajstić information content (AvgIpc) is 3.87. The van der Waals surface area contributed by atoms with Crippen LogP contribution in [0.15, 0.2) is 30.5 Å². The Morgan fingerprint density at radius 1 is 1.02 bits per heavy atom. The van der Waals surface area contributed by atoms with Crippen molar-refractivity contribution in [2.24, 2.45) is 5.41 Å². The number of halogens is 4. The smallest absolute Gasteiger partial charge is 0.395 e. The number of aliphatic hydroxyl groups excluding tert-OH is 1. The predicted molar refractivity (Wildman–Crippen MR) is 153 cm³/mol. The summed E-state index contributed by atoms with van der Waals surface area (Å²) in [7, 11) is 0. The molecule has 2 saturated heterocycles. The van der Waals surface area contributed by atoms with Crippen LogP contribution in [0.5, 0.6) is 0 Å². The molecule has 4 aliphatic rings. The molecule has 0 bridgehead atoms. The van der Waals surface area contributed by atoms with Gasteiger partial charge in [0.1, 0.15) is 0 Å². The number of rotatable bonds is 9. The number of likely N-dealkylation sites (tertiary alicyclic amines) is 2. The summed E-state index contributed by atoms with van der Waals surface area (Å²) in [6.45, 7) is 3.34. The highest BCUT2D eigenvalue weighted by Gasteiger charge is 2.51. The second kappa shape index (κ2) is 12.2. The summed E-state index contributed by atoms with van der Waals surface area (Å²) in [5.74, 6) is -0.150. The molecule has 0 radical (unpaired) electrons. The number of benzene rings is 1. The Morgan fingerprint density at radius 2 is 1.74 bits per heavy atom. The third kappa shape index (κ3) is 6.19. The molecule has 12 heteroatoms. The number of alkyl halides is 3. The van der Waals surface area contributed by atoms with Crippen LogP contribution in [0.4, 0.5) is 13.2 Å². The van der Waals surface area contributed by atoms with Crippen LogP contribution in [-0.4, -0.2) is 82.4 Å². The molecule has 2 aliphatic carbocycles. The summed E-state index contributed by atoms with van der Waals surface area (Å²) in [6.07, 6.45) is 3.28. The molecule has 1 aromatic heterocycles. The molecule has 1 aromatic carbocycles. The highest BCUT2D eigenvalue weighted by atomic mass is 35.5. The number of nitrogens with one attached hydrogen (secondary N) is 1. The fourth-order valence-electron chi connectivity index (χ4n) is 6.79. The zero-order chi connectivity index (χ0) is 28.8. The average molecular weight is 610 g/mol. The minimum atomic E-state index is -4.42. The first-order valence-electron chi connectivity index (χ1n) is 14.8. The Hall–Kier alpha value is -2.63. The van der Waals surface area contributed by atoms with E-state index in [1.165, 1.54) is 12.1 Å². The number of carbonyl (C=O) groups excluding carboxylic acids is 2. The third-order valence-corrected chi connectivity index (χ3v) is 9.37. The molecule has 2 amide bonds. The van der Waals surface area contributed by atoms with Crippen LogP contribution in [0.3, 0.4) is 0 Å². The lowest BCUT2D eigenvalue weighted by atomic mass is 9.93. The topological polar surface area (TPSA) is 90.7 Å². The van der Waals surface area contributed by atoms with Gasteiger partial charge in [0.05, 0.1) is 41.1 Å². The molecule has 0 spiro atoms. The highest BCUT2D eigenvalue weighted by molar-refractivity contribution is 5.95. The standard InChI is InChI=1S/C30H38F3N5O3.ClH/c31-30(32,33)25-4-2-1-3-23(25)21-7-15-37(18-21)27(40)24-17-35-38(26(24)20-5-6-20)22-8-13-36(14-9-22)19-29(10-11-29)28(41)34-12-16-39;/h1-4,17,20-22,39H,5-16,18-19H2,(H,34,41);1H/t21-;/m1./s1. The van der Waals surface area contributed by atoms with E-state index in [-0.39, 0.29) is 66.9 Å². The van der Waals surface area contributed by atoms with Gasteiger partial charge in [-0.05, 0) is 56.6 Å². The summed E-state index contributed by atoms with van der Waals surface area (Å²) in [4.78, 5) is 30.3. The van der Waals surface area contributed by atoms with E-state index in [9.17, 15) is 22.8 Å². The van der Waals surface area contributed by atoms with Crippen LogP contribution >= 0.6 is 12.4 Å². The predicted octanol–water partition coefficient (Wildman–Crippen LogP) is 4.36. The van der Waals surface area contributed by atoms with Crippen LogP contribution in [0.25, 0.3) is 0 Å². The van der Waals surface area contributed by atoms with Gasteiger partial charge in [0.25, 0.3) is 5.91 Å². The largest absolute Gasteiger partial charge is 0.416 e. The molecule has 6 rings (SSSR count). The molecule has 42 heavy (non-hydrogen) atoms. The van der Waals surface area contributed by atoms with Gasteiger partial charge in [-0.15, -0.1) is 12.4 Å². The van der Waals surface area contributed by atoms with Crippen molar-refractivity contribution in [2.75, 3.05) is 45.9 Å². The third-order valence-electron chi connectivity index (χ3n) is 9.37. The van der Waals surface area contributed by atoms with Crippen molar-refractivity contribution >= 4 is 24.2 Å². The molecule has 8 nitrogen and oxygen atoms in total. The van der Waals surface area contributed by atoms with Crippen LogP contribution in [0.1, 0.15) is 90.0 Å². The molecule has 2 N–H and O–H groups in total. The number of hydrogen-bond acceptors (Lipinski definition) is 5. The fraction of sp³-hybridized carbons (Fsp3) is 0.633. The molecule has 2 aromatic rings. The molecule has 230 valence electrons. The Balaban J connectivity index is 0.00000353. The van der Waals surface area contributed by atoms with Crippen LogP contribution in [-0.2, 0) is 11.0 Å². The number of aliphatic hydroxyl groups is 1. The van der Waals surface area contributed by atoms with Crippen LogP contribution < -0.4 is 5.32 Å². The van der Waals surface area contributed by atoms with E-state index in [0.29, 0.717) is 24.4 Å². The van der Waals surface area contributed by atoms with Gasteiger partial charge in [0.15, 0.2) is 0 Å². The van der Waals surface area contributed by atoms with E-state index in [4.69, 9.17) is 10.2 Å². The maximum absolute atomic E-state index is 13.7.